The zero-order valence-electron chi connectivity index (χ0n) is 31.4. The molecule has 0 saturated heterocycles. The van der Waals surface area contributed by atoms with Crippen LogP contribution in [0.15, 0.2) is 133 Å². The standard InChI is InChI=1S/C48H40N6/c1-47(2,3)33-21-24-42-37(27-33)38-28-34(48(4,5)6)22-25-43(38)53(42)39-23-20-31(26-32(39)29-49)45-50-44(30-14-8-7-9-15-30)51-46(52-45)54-40-18-12-10-16-35(40)36-17-11-13-19-41(36)54/h7-28H,1-6H3. The number of benzene rings is 6. The second-order valence-electron chi connectivity index (χ2n) is 16.2. The Balaban J connectivity index is 1.27. The molecule has 0 aliphatic rings. The normalized spacial score (nSPS) is 12.2. The summed E-state index contributed by atoms with van der Waals surface area (Å²) in [6.45, 7) is 13.5. The van der Waals surface area contributed by atoms with Crippen molar-refractivity contribution in [2.45, 2.75) is 52.4 Å². The maximum atomic E-state index is 10.8. The zero-order chi connectivity index (χ0) is 37.4. The predicted octanol–water partition coefficient (Wildman–Crippen LogP) is 11.9. The highest BCUT2D eigenvalue weighted by Crippen LogP contribution is 2.39. The molecule has 0 aliphatic carbocycles. The van der Waals surface area contributed by atoms with Gasteiger partial charge in [-0.3, -0.25) is 4.57 Å². The van der Waals surface area contributed by atoms with Crippen LogP contribution in [0.1, 0.15) is 58.2 Å². The van der Waals surface area contributed by atoms with Gasteiger partial charge in [-0.1, -0.05) is 120 Å². The number of rotatable bonds is 4. The molecule has 0 fully saturated rings. The van der Waals surface area contributed by atoms with Crippen molar-refractivity contribution in [1.29, 1.82) is 5.26 Å². The Morgan fingerprint density at radius 2 is 0.963 bits per heavy atom. The van der Waals surface area contributed by atoms with Crippen LogP contribution in [0.2, 0.25) is 0 Å². The molecule has 6 heteroatoms. The predicted molar refractivity (Wildman–Crippen MR) is 221 cm³/mol. The topological polar surface area (TPSA) is 72.3 Å². The third kappa shape index (κ3) is 5.43. The lowest BCUT2D eigenvalue weighted by molar-refractivity contribution is 0.590. The van der Waals surface area contributed by atoms with Gasteiger partial charge >= 0.3 is 0 Å². The number of fused-ring (bicyclic) bond motifs is 6. The molecule has 0 N–H and O–H groups in total. The Morgan fingerprint density at radius 3 is 1.50 bits per heavy atom. The van der Waals surface area contributed by atoms with E-state index >= 15 is 0 Å². The molecule has 0 saturated carbocycles. The summed E-state index contributed by atoms with van der Waals surface area (Å²) in [7, 11) is 0. The summed E-state index contributed by atoms with van der Waals surface area (Å²) >= 11 is 0. The molecule has 0 aliphatic heterocycles. The minimum atomic E-state index is -0.00899. The molecule has 9 aromatic rings. The molecule has 54 heavy (non-hydrogen) atoms. The van der Waals surface area contributed by atoms with Crippen LogP contribution in [0.4, 0.5) is 0 Å². The number of para-hydroxylation sites is 2. The Labute approximate surface area is 315 Å². The van der Waals surface area contributed by atoms with Gasteiger partial charge in [0.25, 0.3) is 0 Å². The van der Waals surface area contributed by atoms with Crippen molar-refractivity contribution in [2.75, 3.05) is 0 Å². The number of aromatic nitrogens is 5. The van der Waals surface area contributed by atoms with Gasteiger partial charge in [0.2, 0.25) is 5.95 Å². The van der Waals surface area contributed by atoms with Crippen molar-refractivity contribution >= 4 is 43.6 Å². The van der Waals surface area contributed by atoms with Gasteiger partial charge < -0.3 is 4.57 Å². The second-order valence-corrected chi connectivity index (χ2v) is 16.2. The lowest BCUT2D eigenvalue weighted by Crippen LogP contribution is -2.10. The van der Waals surface area contributed by atoms with E-state index in [-0.39, 0.29) is 10.8 Å². The molecular formula is C48H40N6. The van der Waals surface area contributed by atoms with Crippen LogP contribution >= 0.6 is 0 Å². The molecule has 0 spiro atoms. The lowest BCUT2D eigenvalue weighted by Gasteiger charge is -2.19. The van der Waals surface area contributed by atoms with Gasteiger partial charge in [0.15, 0.2) is 11.6 Å². The average molecular weight is 701 g/mol. The van der Waals surface area contributed by atoms with E-state index in [0.29, 0.717) is 23.2 Å². The number of hydrogen-bond acceptors (Lipinski definition) is 4. The van der Waals surface area contributed by atoms with Crippen LogP contribution in [-0.4, -0.2) is 24.1 Å². The summed E-state index contributed by atoms with van der Waals surface area (Å²) < 4.78 is 4.34. The third-order valence-corrected chi connectivity index (χ3v) is 10.5. The molecule has 3 heterocycles. The monoisotopic (exact) mass is 700 g/mol. The fourth-order valence-electron chi connectivity index (χ4n) is 7.62. The van der Waals surface area contributed by atoms with Crippen molar-refractivity contribution in [3.8, 4) is 40.5 Å². The van der Waals surface area contributed by atoms with Gasteiger partial charge in [-0.25, -0.2) is 4.98 Å². The van der Waals surface area contributed by atoms with E-state index in [1.165, 1.54) is 21.9 Å². The van der Waals surface area contributed by atoms with Crippen molar-refractivity contribution in [3.05, 3.63) is 150 Å². The maximum Gasteiger partial charge on any atom is 0.238 e. The molecule has 0 amide bonds. The quantitative estimate of drug-likeness (QED) is 0.183. The highest BCUT2D eigenvalue weighted by molar-refractivity contribution is 6.10. The van der Waals surface area contributed by atoms with Crippen LogP contribution in [0.5, 0.6) is 0 Å². The van der Waals surface area contributed by atoms with Gasteiger partial charge in [-0.05, 0) is 76.6 Å². The summed E-state index contributed by atoms with van der Waals surface area (Å²) in [6.07, 6.45) is 0. The minimum absolute atomic E-state index is 0.00899. The maximum absolute atomic E-state index is 10.8. The number of nitriles is 1. The van der Waals surface area contributed by atoms with Crippen LogP contribution in [0.25, 0.3) is 78.0 Å². The van der Waals surface area contributed by atoms with Gasteiger partial charge in [-0.15, -0.1) is 0 Å². The fourth-order valence-corrected chi connectivity index (χ4v) is 7.62. The first-order chi connectivity index (χ1) is 26.0. The zero-order valence-corrected chi connectivity index (χ0v) is 31.4. The summed E-state index contributed by atoms with van der Waals surface area (Å²) in [6, 6.07) is 48.7. The number of hydrogen-bond donors (Lipinski definition) is 0. The van der Waals surface area contributed by atoms with E-state index in [4.69, 9.17) is 15.0 Å². The first kappa shape index (κ1) is 33.3. The second kappa shape index (κ2) is 12.2. The first-order valence-electron chi connectivity index (χ1n) is 18.4. The van der Waals surface area contributed by atoms with E-state index in [0.717, 1.165) is 49.7 Å². The van der Waals surface area contributed by atoms with Crippen molar-refractivity contribution in [3.63, 3.8) is 0 Å². The van der Waals surface area contributed by atoms with Gasteiger partial charge in [0, 0.05) is 32.7 Å². The smallest absolute Gasteiger partial charge is 0.238 e. The Bertz CT molecular complexity index is 2840. The van der Waals surface area contributed by atoms with E-state index in [1.54, 1.807) is 0 Å². The summed E-state index contributed by atoms with van der Waals surface area (Å²) in [5.41, 5.74) is 9.65. The fraction of sp³-hybridized carbons (Fsp3) is 0.167. The van der Waals surface area contributed by atoms with Gasteiger partial charge in [0.1, 0.15) is 6.07 Å². The summed E-state index contributed by atoms with van der Waals surface area (Å²) in [5.74, 6) is 1.58. The summed E-state index contributed by atoms with van der Waals surface area (Å²) in [4.78, 5) is 15.2. The van der Waals surface area contributed by atoms with Crippen LogP contribution in [0, 0.1) is 11.3 Å². The van der Waals surface area contributed by atoms with Crippen molar-refractivity contribution in [2.24, 2.45) is 0 Å². The van der Waals surface area contributed by atoms with Gasteiger partial charge in [-0.2, -0.15) is 15.2 Å². The molecule has 3 aromatic heterocycles. The molecule has 262 valence electrons. The molecule has 0 unspecified atom stereocenters. The molecule has 6 nitrogen and oxygen atoms in total. The molecule has 0 bridgehead atoms. The van der Waals surface area contributed by atoms with Crippen molar-refractivity contribution < 1.29 is 0 Å². The van der Waals surface area contributed by atoms with E-state index in [9.17, 15) is 5.26 Å². The Morgan fingerprint density at radius 1 is 0.463 bits per heavy atom. The minimum Gasteiger partial charge on any atom is -0.308 e. The van der Waals surface area contributed by atoms with Crippen LogP contribution < -0.4 is 0 Å². The molecule has 0 atom stereocenters. The average Bonchev–Trinajstić information content (AvgIpc) is 3.69. The highest BCUT2D eigenvalue weighted by Gasteiger charge is 2.23. The molecule has 9 rings (SSSR count). The van der Waals surface area contributed by atoms with Crippen molar-refractivity contribution in [1.82, 2.24) is 24.1 Å². The highest BCUT2D eigenvalue weighted by atomic mass is 15.2. The Kier molecular flexibility index (Phi) is 7.55. The van der Waals surface area contributed by atoms with Crippen LogP contribution in [-0.2, 0) is 10.8 Å². The Hall–Kier alpha value is -6.58. The van der Waals surface area contributed by atoms with Crippen LogP contribution in [0.3, 0.4) is 0 Å². The molecule has 0 radical (unpaired) electrons. The SMILES string of the molecule is CC(C)(C)c1ccc2c(c1)c1cc(C(C)(C)C)ccc1n2-c1ccc(-c2nc(-c3ccccc3)nc(-n3c4ccccc4c4ccccc43)n2)cc1C#N. The number of nitrogens with zero attached hydrogens (tertiary/aromatic N) is 6. The van der Waals surface area contributed by atoms with E-state index < -0.39 is 0 Å². The summed E-state index contributed by atoms with van der Waals surface area (Å²) in [5, 5.41) is 15.4. The third-order valence-electron chi connectivity index (χ3n) is 10.5. The van der Waals surface area contributed by atoms with Gasteiger partial charge in [0.05, 0.1) is 33.3 Å². The lowest BCUT2D eigenvalue weighted by atomic mass is 9.85. The van der Waals surface area contributed by atoms with E-state index in [1.807, 2.05) is 60.7 Å². The molecular weight excluding hydrogens is 661 g/mol. The largest absolute Gasteiger partial charge is 0.308 e. The van der Waals surface area contributed by atoms with E-state index in [2.05, 4.69) is 130 Å². The molecule has 6 aromatic carbocycles. The first-order valence-corrected chi connectivity index (χ1v) is 18.4.